The summed E-state index contributed by atoms with van der Waals surface area (Å²) in [5, 5.41) is 7.88. The molecule has 0 N–H and O–H groups in total. The highest BCUT2D eigenvalue weighted by atomic mass is 35.5. The van der Waals surface area contributed by atoms with Crippen LogP contribution >= 0.6 is 11.6 Å². The monoisotopic (exact) mass is 240 g/mol. The summed E-state index contributed by atoms with van der Waals surface area (Å²) >= 11 is 4.77. The number of rotatable bonds is 10. The van der Waals surface area contributed by atoms with Crippen LogP contribution < -0.4 is 0 Å². The largest absolute Gasteiger partial charge is 0.438 e. The number of unbranched alkanes of at least 4 members (excludes halogenated alkanes) is 5. The molecule has 5 nitrogen and oxygen atoms in total. The Morgan fingerprint density at radius 3 is 2.40 bits per heavy atom. The summed E-state index contributed by atoms with van der Waals surface area (Å²) in [4.78, 5) is 18.3. The molecule has 0 heterocycles. The van der Waals surface area contributed by atoms with Crippen molar-refractivity contribution in [2.75, 3.05) is 6.61 Å². The van der Waals surface area contributed by atoms with Crippen molar-refractivity contribution in [3.63, 3.8) is 0 Å². The quantitative estimate of drug-likeness (QED) is 0.253. The third-order valence-electron chi connectivity index (χ3n) is 1.76. The number of hydrogen-bond acceptors (Lipinski definition) is 5. The summed E-state index contributed by atoms with van der Waals surface area (Å²) in [6.45, 7) is 2.57. The van der Waals surface area contributed by atoms with Gasteiger partial charge in [-0.05, 0) is 11.5 Å². The Kier molecular flexibility index (Phi) is 11.4. The van der Waals surface area contributed by atoms with Gasteiger partial charge in [0.25, 0.3) is 0 Å². The van der Waals surface area contributed by atoms with Gasteiger partial charge < -0.3 is 0 Å². The SMILES string of the molecule is CCCCCCCCOOOOC(=O)Cl. The number of halogens is 1. The molecule has 0 aromatic rings. The zero-order valence-electron chi connectivity index (χ0n) is 8.87. The van der Waals surface area contributed by atoms with Crippen LogP contribution in [0.3, 0.4) is 0 Å². The molecule has 15 heavy (non-hydrogen) atoms. The lowest BCUT2D eigenvalue weighted by molar-refractivity contribution is -0.614. The number of hydrogen-bond donors (Lipinski definition) is 0. The van der Waals surface area contributed by atoms with Crippen molar-refractivity contribution >= 4 is 17.0 Å². The second-order valence-corrected chi connectivity index (χ2v) is 3.36. The Hall–Kier alpha value is -0.360. The van der Waals surface area contributed by atoms with E-state index in [9.17, 15) is 4.79 Å². The Labute approximate surface area is 94.4 Å². The molecular formula is C9H17ClO5. The fraction of sp³-hybridized carbons (Fsp3) is 0.889. The third-order valence-corrected chi connectivity index (χ3v) is 1.82. The second-order valence-electron chi connectivity index (χ2n) is 3.05. The molecule has 0 bridgehead atoms. The molecule has 0 aromatic heterocycles. The smallest absolute Gasteiger partial charge is 0.248 e. The Bertz CT molecular complexity index is 153. The predicted molar refractivity (Wildman–Crippen MR) is 53.8 cm³/mol. The van der Waals surface area contributed by atoms with E-state index in [2.05, 4.69) is 26.8 Å². The van der Waals surface area contributed by atoms with Gasteiger partial charge in [-0.25, -0.2) is 14.6 Å². The van der Waals surface area contributed by atoms with Gasteiger partial charge in [0.15, 0.2) is 0 Å². The summed E-state index contributed by atoms with van der Waals surface area (Å²) in [6, 6.07) is 0. The molecule has 0 saturated heterocycles. The molecule has 0 fully saturated rings. The normalized spacial score (nSPS) is 10.3. The van der Waals surface area contributed by atoms with Crippen LogP contribution in [0.5, 0.6) is 0 Å². The van der Waals surface area contributed by atoms with E-state index in [1.807, 2.05) is 0 Å². The van der Waals surface area contributed by atoms with Gasteiger partial charge >= 0.3 is 5.43 Å². The molecule has 0 saturated carbocycles. The van der Waals surface area contributed by atoms with Crippen LogP contribution in [-0.2, 0) is 19.9 Å². The van der Waals surface area contributed by atoms with Gasteiger partial charge in [0, 0.05) is 16.6 Å². The van der Waals surface area contributed by atoms with Crippen LogP contribution in [-0.4, -0.2) is 12.0 Å². The predicted octanol–water partition coefficient (Wildman–Crippen LogP) is 3.52. The van der Waals surface area contributed by atoms with Crippen LogP contribution in [0.25, 0.3) is 0 Å². The van der Waals surface area contributed by atoms with E-state index in [1.54, 1.807) is 0 Å². The summed E-state index contributed by atoms with van der Waals surface area (Å²) in [5.74, 6) is 0. The van der Waals surface area contributed by atoms with E-state index in [4.69, 9.17) is 11.6 Å². The van der Waals surface area contributed by atoms with Crippen molar-refractivity contribution in [2.24, 2.45) is 0 Å². The molecule has 0 spiro atoms. The summed E-state index contributed by atoms with van der Waals surface area (Å²) in [5.41, 5.74) is -1.11. The van der Waals surface area contributed by atoms with Crippen LogP contribution in [0, 0.1) is 0 Å². The molecular weight excluding hydrogens is 224 g/mol. The van der Waals surface area contributed by atoms with Crippen LogP contribution in [0.2, 0.25) is 0 Å². The highest BCUT2D eigenvalue weighted by Crippen LogP contribution is 2.04. The molecule has 0 amide bonds. The summed E-state index contributed by atoms with van der Waals surface area (Å²) in [7, 11) is 0. The first kappa shape index (κ1) is 14.6. The minimum Gasteiger partial charge on any atom is -0.248 e. The molecule has 0 aromatic carbocycles. The topological polar surface area (TPSA) is 54.0 Å². The van der Waals surface area contributed by atoms with Crippen molar-refractivity contribution < 1.29 is 24.6 Å². The lowest BCUT2D eigenvalue weighted by atomic mass is 10.1. The Morgan fingerprint density at radius 2 is 1.73 bits per heavy atom. The molecule has 0 aliphatic rings. The van der Waals surface area contributed by atoms with E-state index in [0.717, 1.165) is 12.8 Å². The van der Waals surface area contributed by atoms with E-state index in [1.165, 1.54) is 25.7 Å². The van der Waals surface area contributed by atoms with Crippen LogP contribution in [0.4, 0.5) is 4.79 Å². The van der Waals surface area contributed by atoms with Crippen molar-refractivity contribution in [3.8, 4) is 0 Å². The maximum absolute atomic E-state index is 9.96. The summed E-state index contributed by atoms with van der Waals surface area (Å²) in [6.07, 6.45) is 6.90. The number of carbonyl (C=O) groups excluding carboxylic acids is 1. The van der Waals surface area contributed by atoms with Crippen molar-refractivity contribution in [1.29, 1.82) is 0 Å². The van der Waals surface area contributed by atoms with Crippen molar-refractivity contribution in [1.82, 2.24) is 0 Å². The van der Waals surface area contributed by atoms with Gasteiger partial charge in [-0.15, -0.1) is 0 Å². The molecule has 0 radical (unpaired) electrons. The van der Waals surface area contributed by atoms with Crippen molar-refractivity contribution in [3.05, 3.63) is 0 Å². The zero-order chi connectivity index (χ0) is 11.4. The van der Waals surface area contributed by atoms with E-state index in [0.29, 0.717) is 6.61 Å². The standard InChI is InChI=1S/C9H17ClO5/c1-2-3-4-5-6-7-8-12-14-15-13-9(10)11/h2-8H2,1H3. The summed E-state index contributed by atoms with van der Waals surface area (Å²) < 4.78 is 0. The maximum atomic E-state index is 9.96. The maximum Gasteiger partial charge on any atom is 0.438 e. The molecule has 6 heteroatoms. The van der Waals surface area contributed by atoms with Gasteiger partial charge in [-0.3, -0.25) is 0 Å². The van der Waals surface area contributed by atoms with Gasteiger partial charge in [0.2, 0.25) is 0 Å². The second kappa shape index (κ2) is 11.7. The molecule has 0 unspecified atom stereocenters. The third kappa shape index (κ3) is 13.6. The van der Waals surface area contributed by atoms with Gasteiger partial charge in [-0.1, -0.05) is 39.0 Å². The first-order valence-electron chi connectivity index (χ1n) is 5.09. The lowest BCUT2D eigenvalue weighted by Crippen LogP contribution is -2.01. The molecule has 0 rings (SSSR count). The Balaban J connectivity index is 2.89. The highest BCUT2D eigenvalue weighted by Gasteiger charge is 1.97. The average Bonchev–Trinajstić information content (AvgIpc) is 2.20. The van der Waals surface area contributed by atoms with Crippen LogP contribution in [0.1, 0.15) is 45.4 Å². The molecule has 0 aliphatic carbocycles. The van der Waals surface area contributed by atoms with Gasteiger partial charge in [0.1, 0.15) is 0 Å². The molecule has 0 aliphatic heterocycles. The number of carbonyl (C=O) groups is 1. The average molecular weight is 241 g/mol. The van der Waals surface area contributed by atoms with E-state index >= 15 is 0 Å². The minimum atomic E-state index is -1.11. The molecule has 90 valence electrons. The fourth-order valence-electron chi connectivity index (χ4n) is 1.04. The zero-order valence-corrected chi connectivity index (χ0v) is 9.62. The molecule has 0 atom stereocenters. The van der Waals surface area contributed by atoms with Crippen molar-refractivity contribution in [2.45, 2.75) is 45.4 Å². The van der Waals surface area contributed by atoms with E-state index < -0.39 is 5.43 Å². The van der Waals surface area contributed by atoms with Gasteiger partial charge in [0.05, 0.1) is 6.61 Å². The van der Waals surface area contributed by atoms with Gasteiger partial charge in [-0.2, -0.15) is 0 Å². The lowest BCUT2D eigenvalue weighted by Gasteiger charge is -2.00. The Morgan fingerprint density at radius 1 is 1.07 bits per heavy atom. The fourth-order valence-corrected chi connectivity index (χ4v) is 1.06. The van der Waals surface area contributed by atoms with E-state index in [-0.39, 0.29) is 0 Å². The first-order chi connectivity index (χ1) is 7.27. The first-order valence-corrected chi connectivity index (χ1v) is 5.47. The van der Waals surface area contributed by atoms with Crippen LogP contribution in [0.15, 0.2) is 0 Å². The minimum absolute atomic E-state index is 0.395. The highest BCUT2D eigenvalue weighted by molar-refractivity contribution is 6.61.